The van der Waals surface area contributed by atoms with Crippen LogP contribution in [0.1, 0.15) is 24.5 Å². The molecular weight excluding hydrogens is 395 g/mol. The van der Waals surface area contributed by atoms with E-state index < -0.39 is 27.8 Å². The smallest absolute Gasteiger partial charge is 0.238 e. The van der Waals surface area contributed by atoms with Crippen LogP contribution in [0.25, 0.3) is 11.0 Å². The van der Waals surface area contributed by atoms with Crippen LogP contribution in [0.4, 0.5) is 4.39 Å². The first-order valence-corrected chi connectivity index (χ1v) is 11.0. The molecule has 2 aromatic heterocycles. The van der Waals surface area contributed by atoms with Crippen molar-refractivity contribution in [2.45, 2.75) is 32.4 Å². The molecule has 0 radical (unpaired) electrons. The zero-order valence-corrected chi connectivity index (χ0v) is 16.8. The Hall–Kier alpha value is -2.78. The van der Waals surface area contributed by atoms with Gasteiger partial charge in [-0.25, -0.2) is 22.5 Å². The number of nitrogens with zero attached hydrogens (tertiary/aromatic N) is 1. The highest BCUT2D eigenvalue weighted by Crippen LogP contribution is 2.12. The third-order valence-corrected chi connectivity index (χ3v) is 5.98. The van der Waals surface area contributed by atoms with Gasteiger partial charge >= 0.3 is 0 Å². The number of aromatic nitrogens is 2. The minimum absolute atomic E-state index is 0.0751. The van der Waals surface area contributed by atoms with Crippen molar-refractivity contribution in [3.8, 4) is 0 Å². The van der Waals surface area contributed by atoms with Gasteiger partial charge in [-0.3, -0.25) is 4.79 Å². The van der Waals surface area contributed by atoms with Crippen LogP contribution >= 0.6 is 0 Å². The maximum Gasteiger partial charge on any atom is 0.238 e. The van der Waals surface area contributed by atoms with Crippen LogP contribution in [-0.4, -0.2) is 36.1 Å². The van der Waals surface area contributed by atoms with Crippen LogP contribution in [0, 0.1) is 5.82 Å². The van der Waals surface area contributed by atoms with Gasteiger partial charge in [-0.1, -0.05) is 19.1 Å². The second kappa shape index (κ2) is 9.15. The molecule has 1 amide bonds. The minimum Gasteiger partial charge on any atom is -0.351 e. The summed E-state index contributed by atoms with van der Waals surface area (Å²) in [6.45, 7) is 1.96. The zero-order valence-electron chi connectivity index (χ0n) is 16.0. The maximum atomic E-state index is 13.2. The number of sulfonamides is 1. The highest BCUT2D eigenvalue weighted by atomic mass is 32.2. The van der Waals surface area contributed by atoms with E-state index in [2.05, 4.69) is 20.0 Å². The van der Waals surface area contributed by atoms with Gasteiger partial charge in [-0.2, -0.15) is 0 Å². The van der Waals surface area contributed by atoms with Crippen LogP contribution < -0.4 is 10.0 Å². The molecule has 3 aromatic rings. The second-order valence-corrected chi connectivity index (χ2v) is 8.67. The quantitative estimate of drug-likeness (QED) is 0.496. The number of hydrogen-bond acceptors (Lipinski definition) is 4. The van der Waals surface area contributed by atoms with Crippen molar-refractivity contribution in [1.29, 1.82) is 0 Å². The number of benzene rings is 1. The van der Waals surface area contributed by atoms with Crippen molar-refractivity contribution in [3.63, 3.8) is 0 Å². The Kier molecular flexibility index (Phi) is 6.60. The third kappa shape index (κ3) is 5.85. The lowest BCUT2D eigenvalue weighted by atomic mass is 10.1. The molecule has 0 bridgehead atoms. The molecular formula is C20H23FN4O3S. The molecule has 0 saturated heterocycles. The number of carbonyl (C=O) groups excluding carboxylic acids is 1. The Balaban J connectivity index is 1.72. The molecule has 1 atom stereocenters. The van der Waals surface area contributed by atoms with E-state index in [1.807, 2.05) is 12.1 Å². The van der Waals surface area contributed by atoms with Crippen molar-refractivity contribution in [2.75, 3.05) is 5.75 Å². The molecule has 0 aliphatic carbocycles. The molecule has 7 nitrogen and oxygen atoms in total. The number of amides is 1. The lowest BCUT2D eigenvalue weighted by Crippen LogP contribution is -2.48. The van der Waals surface area contributed by atoms with Gasteiger partial charge in [0.05, 0.1) is 5.75 Å². The third-order valence-electron chi connectivity index (χ3n) is 4.39. The number of carbonyl (C=O) groups is 1. The van der Waals surface area contributed by atoms with Gasteiger partial charge in [0.15, 0.2) is 0 Å². The summed E-state index contributed by atoms with van der Waals surface area (Å²) in [5.74, 6) is -0.925. The maximum absolute atomic E-state index is 13.2. The van der Waals surface area contributed by atoms with E-state index in [1.165, 1.54) is 24.3 Å². The van der Waals surface area contributed by atoms with Gasteiger partial charge in [0, 0.05) is 24.3 Å². The topological polar surface area (TPSA) is 104 Å². The number of nitrogens with one attached hydrogen (secondary N) is 3. The monoisotopic (exact) mass is 418 g/mol. The number of H-pyrrole nitrogens is 1. The van der Waals surface area contributed by atoms with Crippen LogP contribution in [0.15, 0.2) is 48.8 Å². The van der Waals surface area contributed by atoms with E-state index in [0.29, 0.717) is 12.0 Å². The van der Waals surface area contributed by atoms with Crippen LogP contribution in [0.5, 0.6) is 0 Å². The normalized spacial score (nSPS) is 12.8. The summed E-state index contributed by atoms with van der Waals surface area (Å²) in [6, 6.07) is 8.41. The molecule has 3 rings (SSSR count). The standard InChI is InChI=1S/C20H23FN4O3S/c1-2-9-29(27,28)25-18(11-14-3-5-17(21)6-4-14)20(26)24-13-15-10-16-7-8-22-19(16)23-12-15/h3-8,10,12,18,25H,2,9,11,13H2,1H3,(H,22,23)(H,24,26). The van der Waals surface area contributed by atoms with Gasteiger partial charge in [0.2, 0.25) is 15.9 Å². The molecule has 1 unspecified atom stereocenters. The van der Waals surface area contributed by atoms with Gasteiger partial charge in [0.25, 0.3) is 0 Å². The first kappa shape index (κ1) is 20.9. The molecule has 9 heteroatoms. The zero-order chi connectivity index (χ0) is 20.9. The highest BCUT2D eigenvalue weighted by Gasteiger charge is 2.24. The fraction of sp³-hybridized carbons (Fsp3) is 0.300. The van der Waals surface area contributed by atoms with E-state index >= 15 is 0 Å². The average Bonchev–Trinajstić information content (AvgIpc) is 3.15. The Morgan fingerprint density at radius 3 is 2.69 bits per heavy atom. The van der Waals surface area contributed by atoms with Gasteiger partial charge in [-0.15, -0.1) is 0 Å². The first-order chi connectivity index (χ1) is 13.9. The molecule has 0 aliphatic heterocycles. The van der Waals surface area contributed by atoms with E-state index in [1.54, 1.807) is 19.3 Å². The van der Waals surface area contributed by atoms with Gasteiger partial charge in [0.1, 0.15) is 17.5 Å². The minimum atomic E-state index is -3.61. The van der Waals surface area contributed by atoms with Gasteiger partial charge < -0.3 is 10.3 Å². The lowest BCUT2D eigenvalue weighted by Gasteiger charge is -2.18. The summed E-state index contributed by atoms with van der Waals surface area (Å²) in [6.07, 6.45) is 3.98. The number of hydrogen-bond donors (Lipinski definition) is 3. The Morgan fingerprint density at radius 1 is 1.21 bits per heavy atom. The second-order valence-electron chi connectivity index (χ2n) is 6.80. The SMILES string of the molecule is CCCS(=O)(=O)NC(Cc1ccc(F)cc1)C(=O)NCc1cnc2[nH]ccc2c1. The predicted octanol–water partition coefficient (Wildman–Crippen LogP) is 2.26. The number of halogens is 1. The average molecular weight is 418 g/mol. The highest BCUT2D eigenvalue weighted by molar-refractivity contribution is 7.89. The molecule has 0 fully saturated rings. The predicted molar refractivity (Wildman–Crippen MR) is 109 cm³/mol. The molecule has 3 N–H and O–H groups in total. The fourth-order valence-corrected chi connectivity index (χ4v) is 4.26. The van der Waals surface area contributed by atoms with Gasteiger partial charge in [-0.05, 0) is 48.2 Å². The number of pyridine rings is 1. The van der Waals surface area contributed by atoms with E-state index in [4.69, 9.17) is 0 Å². The van der Waals surface area contributed by atoms with Crippen LogP contribution in [0.2, 0.25) is 0 Å². The molecule has 2 heterocycles. The molecule has 0 aliphatic rings. The largest absolute Gasteiger partial charge is 0.351 e. The number of aromatic amines is 1. The summed E-state index contributed by atoms with van der Waals surface area (Å²) in [5.41, 5.74) is 2.20. The molecule has 1 aromatic carbocycles. The van der Waals surface area contributed by atoms with Crippen LogP contribution in [0.3, 0.4) is 0 Å². The van der Waals surface area contributed by atoms with E-state index in [9.17, 15) is 17.6 Å². The van der Waals surface area contributed by atoms with Crippen molar-refractivity contribution >= 4 is 27.0 Å². The summed E-state index contributed by atoms with van der Waals surface area (Å²) < 4.78 is 40.0. The van der Waals surface area contributed by atoms with E-state index in [-0.39, 0.29) is 18.7 Å². The Morgan fingerprint density at radius 2 is 1.97 bits per heavy atom. The summed E-state index contributed by atoms with van der Waals surface area (Å²) in [5, 5.41) is 3.68. The van der Waals surface area contributed by atoms with Crippen molar-refractivity contribution in [2.24, 2.45) is 0 Å². The van der Waals surface area contributed by atoms with Crippen LogP contribution in [-0.2, 0) is 27.8 Å². The lowest BCUT2D eigenvalue weighted by molar-refractivity contribution is -0.122. The molecule has 0 spiro atoms. The van der Waals surface area contributed by atoms with Crippen molar-refractivity contribution in [1.82, 2.24) is 20.0 Å². The molecule has 0 saturated carbocycles. The molecule has 29 heavy (non-hydrogen) atoms. The number of rotatable bonds is 9. The summed E-state index contributed by atoms with van der Waals surface area (Å²) in [7, 11) is -3.61. The van der Waals surface area contributed by atoms with E-state index in [0.717, 1.165) is 16.6 Å². The molecule has 154 valence electrons. The Bertz CT molecular complexity index is 1080. The summed E-state index contributed by atoms with van der Waals surface area (Å²) in [4.78, 5) is 20.0. The fourth-order valence-electron chi connectivity index (χ4n) is 2.98. The number of fused-ring (bicyclic) bond motifs is 1. The Labute approximate surface area is 168 Å². The first-order valence-electron chi connectivity index (χ1n) is 9.30. The summed E-state index contributed by atoms with van der Waals surface area (Å²) >= 11 is 0. The van der Waals surface area contributed by atoms with Crippen molar-refractivity contribution < 1.29 is 17.6 Å². The van der Waals surface area contributed by atoms with Crippen molar-refractivity contribution in [3.05, 3.63) is 65.7 Å².